The van der Waals surface area contributed by atoms with Crippen molar-refractivity contribution < 1.29 is 18.0 Å². The highest BCUT2D eigenvalue weighted by atomic mass is 19.4. The molecule has 1 saturated heterocycles. The molecular weight excluding hydrogens is 409 g/mol. The van der Waals surface area contributed by atoms with Crippen LogP contribution >= 0.6 is 0 Å². The molecule has 5 rings (SSSR count). The van der Waals surface area contributed by atoms with Crippen molar-refractivity contribution in [3.05, 3.63) is 36.4 Å². The second kappa shape index (κ2) is 7.65. The first-order valence-electron chi connectivity index (χ1n) is 10.6. The molecule has 164 valence electrons. The van der Waals surface area contributed by atoms with Crippen molar-refractivity contribution in [2.24, 2.45) is 0 Å². The summed E-state index contributed by atoms with van der Waals surface area (Å²) in [6, 6.07) is 2.07. The number of nitrogens with zero attached hydrogens (tertiary/aromatic N) is 5. The molecule has 2 bridgehead atoms. The summed E-state index contributed by atoms with van der Waals surface area (Å²) in [4.78, 5) is 23.0. The molecule has 0 spiro atoms. The van der Waals surface area contributed by atoms with Crippen molar-refractivity contribution in [1.29, 1.82) is 0 Å². The first kappa shape index (κ1) is 20.0. The number of anilines is 2. The zero-order chi connectivity index (χ0) is 21.6. The third-order valence-corrected chi connectivity index (χ3v) is 6.07. The predicted molar refractivity (Wildman–Crippen MR) is 107 cm³/mol. The van der Waals surface area contributed by atoms with Gasteiger partial charge in [-0.2, -0.15) is 18.3 Å². The molecule has 1 saturated carbocycles. The summed E-state index contributed by atoms with van der Waals surface area (Å²) in [5.41, 5.74) is 2.60. The van der Waals surface area contributed by atoms with Crippen LogP contribution in [0.1, 0.15) is 56.7 Å². The van der Waals surface area contributed by atoms with E-state index >= 15 is 0 Å². The Balaban J connectivity index is 1.28. The van der Waals surface area contributed by atoms with Gasteiger partial charge in [-0.1, -0.05) is 6.08 Å². The monoisotopic (exact) mass is 432 g/mol. The molecule has 7 nitrogen and oxygen atoms in total. The largest absolute Gasteiger partial charge is 0.389 e. The van der Waals surface area contributed by atoms with E-state index in [0.29, 0.717) is 18.4 Å². The number of hydrogen-bond donors (Lipinski definition) is 1. The topological polar surface area (TPSA) is 75.9 Å². The van der Waals surface area contributed by atoms with Crippen LogP contribution in [0.15, 0.2) is 30.7 Å². The van der Waals surface area contributed by atoms with Gasteiger partial charge in [-0.05, 0) is 43.7 Å². The summed E-state index contributed by atoms with van der Waals surface area (Å²) in [6.07, 6.45) is 5.92. The van der Waals surface area contributed by atoms with Crippen molar-refractivity contribution in [2.75, 3.05) is 5.32 Å². The minimum Gasteiger partial charge on any atom is -0.333 e. The van der Waals surface area contributed by atoms with Crippen LogP contribution in [0.2, 0.25) is 0 Å². The maximum Gasteiger partial charge on any atom is 0.389 e. The molecule has 2 aliphatic heterocycles. The van der Waals surface area contributed by atoms with Crippen molar-refractivity contribution in [1.82, 2.24) is 24.6 Å². The van der Waals surface area contributed by atoms with Crippen LogP contribution in [0.5, 0.6) is 0 Å². The van der Waals surface area contributed by atoms with Crippen LogP contribution in [0, 0.1) is 0 Å². The minimum absolute atomic E-state index is 0.0751. The summed E-state index contributed by atoms with van der Waals surface area (Å²) in [5.74, 6) is 0.0441. The minimum atomic E-state index is -4.31. The Bertz CT molecular complexity index is 1010. The Labute approximate surface area is 177 Å². The molecule has 0 aromatic carbocycles. The van der Waals surface area contributed by atoms with Gasteiger partial charge < -0.3 is 10.2 Å². The Kier molecular flexibility index (Phi) is 4.94. The number of nitrogens with one attached hydrogen (secondary N) is 1. The van der Waals surface area contributed by atoms with Gasteiger partial charge in [-0.15, -0.1) is 0 Å². The molecule has 2 atom stereocenters. The summed E-state index contributed by atoms with van der Waals surface area (Å²) in [6.45, 7) is 0. The number of carbonyl (C=O) groups excluding carboxylic acids is 1. The fourth-order valence-corrected chi connectivity index (χ4v) is 4.45. The third kappa shape index (κ3) is 4.42. The lowest BCUT2D eigenvalue weighted by Gasteiger charge is -2.34. The average molecular weight is 432 g/mol. The fourth-order valence-electron chi connectivity index (χ4n) is 4.45. The summed E-state index contributed by atoms with van der Waals surface area (Å²) in [5, 5.41) is 7.53. The molecule has 2 aromatic rings. The molecule has 0 radical (unpaired) electrons. The molecule has 2 unspecified atom stereocenters. The van der Waals surface area contributed by atoms with Gasteiger partial charge in [0.1, 0.15) is 0 Å². The predicted octanol–water partition coefficient (Wildman–Crippen LogP) is 4.24. The first-order chi connectivity index (χ1) is 14.9. The van der Waals surface area contributed by atoms with Gasteiger partial charge in [0.15, 0.2) is 0 Å². The lowest BCUT2D eigenvalue weighted by atomic mass is 9.98. The second-order valence-electron chi connectivity index (χ2n) is 8.44. The normalized spacial score (nSPS) is 23.1. The highest BCUT2D eigenvalue weighted by molar-refractivity contribution is 5.80. The maximum absolute atomic E-state index is 12.5. The molecule has 4 heterocycles. The molecule has 2 fully saturated rings. The molecule has 3 aliphatic rings. The Morgan fingerprint density at radius 2 is 2.00 bits per heavy atom. The highest BCUT2D eigenvalue weighted by Crippen LogP contribution is 2.39. The lowest BCUT2D eigenvalue weighted by molar-refractivity contribution is -0.150. The number of alkyl halides is 3. The van der Waals surface area contributed by atoms with Crippen molar-refractivity contribution >= 4 is 23.1 Å². The van der Waals surface area contributed by atoms with E-state index in [1.165, 1.54) is 0 Å². The van der Waals surface area contributed by atoms with Crippen LogP contribution in [-0.4, -0.2) is 48.8 Å². The number of halogens is 3. The van der Waals surface area contributed by atoms with E-state index in [1.54, 1.807) is 17.3 Å². The quantitative estimate of drug-likeness (QED) is 0.739. The van der Waals surface area contributed by atoms with Crippen LogP contribution in [0.25, 0.3) is 5.57 Å². The van der Waals surface area contributed by atoms with E-state index in [4.69, 9.17) is 0 Å². The van der Waals surface area contributed by atoms with Gasteiger partial charge in [0, 0.05) is 24.9 Å². The summed E-state index contributed by atoms with van der Waals surface area (Å²) < 4.78 is 39.5. The average Bonchev–Trinajstić information content (AvgIpc) is 3.42. The van der Waals surface area contributed by atoms with Crippen LogP contribution in [0.4, 0.5) is 24.8 Å². The SMILES string of the molecule is O=C(CCC(F)(F)F)N1C2C=C(c3ccnc(Nc4cnn(C5CC5)c4)n3)CC1CC2. The van der Waals surface area contributed by atoms with Gasteiger partial charge in [-0.25, -0.2) is 9.97 Å². The number of aromatic nitrogens is 4. The van der Waals surface area contributed by atoms with Gasteiger partial charge in [0.25, 0.3) is 0 Å². The standard InChI is InChI=1S/C21H23F3N6O/c22-21(23,24)7-5-19(31)30-16-3-4-17(30)10-13(9-16)18-6-8-25-20(28-18)27-14-11-26-29(12-14)15-1-2-15/h6,8-9,11-12,15-17H,1-5,7,10H2,(H,25,27,28). The number of fused-ring (bicyclic) bond motifs is 2. The third-order valence-electron chi connectivity index (χ3n) is 6.07. The van der Waals surface area contributed by atoms with E-state index in [0.717, 1.165) is 42.6 Å². The van der Waals surface area contributed by atoms with Gasteiger partial charge in [0.05, 0.1) is 36.1 Å². The molecular formula is C21H23F3N6O. The Morgan fingerprint density at radius 1 is 1.19 bits per heavy atom. The zero-order valence-corrected chi connectivity index (χ0v) is 16.8. The number of carbonyl (C=O) groups is 1. The molecule has 1 aliphatic carbocycles. The van der Waals surface area contributed by atoms with E-state index in [2.05, 4.69) is 20.4 Å². The van der Waals surface area contributed by atoms with Gasteiger partial charge >= 0.3 is 6.18 Å². The Hall–Kier alpha value is -2.91. The van der Waals surface area contributed by atoms with Crippen LogP contribution in [-0.2, 0) is 4.79 Å². The van der Waals surface area contributed by atoms with E-state index in [9.17, 15) is 18.0 Å². The first-order valence-corrected chi connectivity index (χ1v) is 10.6. The van der Waals surface area contributed by atoms with Crippen molar-refractivity contribution in [2.45, 2.75) is 69.2 Å². The maximum atomic E-state index is 12.5. The summed E-state index contributed by atoms with van der Waals surface area (Å²) >= 11 is 0. The van der Waals surface area contributed by atoms with E-state index in [1.807, 2.05) is 23.0 Å². The number of hydrogen-bond acceptors (Lipinski definition) is 5. The van der Waals surface area contributed by atoms with Gasteiger partial charge in [0.2, 0.25) is 11.9 Å². The molecule has 31 heavy (non-hydrogen) atoms. The zero-order valence-electron chi connectivity index (χ0n) is 16.8. The van der Waals surface area contributed by atoms with Crippen molar-refractivity contribution in [3.8, 4) is 0 Å². The number of rotatable bonds is 6. The van der Waals surface area contributed by atoms with E-state index in [-0.39, 0.29) is 12.1 Å². The smallest absolute Gasteiger partial charge is 0.333 e. The van der Waals surface area contributed by atoms with E-state index < -0.39 is 24.9 Å². The molecule has 2 aromatic heterocycles. The Morgan fingerprint density at radius 3 is 2.74 bits per heavy atom. The fraction of sp³-hybridized carbons (Fsp3) is 0.524. The molecule has 10 heteroatoms. The molecule has 1 amide bonds. The molecule has 1 N–H and O–H groups in total. The highest BCUT2D eigenvalue weighted by Gasteiger charge is 2.40. The second-order valence-corrected chi connectivity index (χ2v) is 8.44. The number of amides is 1. The van der Waals surface area contributed by atoms with Crippen molar-refractivity contribution in [3.63, 3.8) is 0 Å². The van der Waals surface area contributed by atoms with Crippen LogP contribution in [0.3, 0.4) is 0 Å². The lowest BCUT2D eigenvalue weighted by Crippen LogP contribution is -2.43. The van der Waals surface area contributed by atoms with Crippen LogP contribution < -0.4 is 5.32 Å². The van der Waals surface area contributed by atoms with Gasteiger partial charge in [-0.3, -0.25) is 9.48 Å². The summed E-state index contributed by atoms with van der Waals surface area (Å²) in [7, 11) is 0.